The van der Waals surface area contributed by atoms with Crippen LogP contribution in [0.2, 0.25) is 0 Å². The molecular weight excluding hydrogens is 237 g/mol. The van der Waals surface area contributed by atoms with E-state index in [9.17, 15) is 9.18 Å². The summed E-state index contributed by atoms with van der Waals surface area (Å²) >= 11 is 0. The number of nitrogens with one attached hydrogen (secondary N) is 1. The second kappa shape index (κ2) is 4.81. The Morgan fingerprint density at radius 3 is 2.83 bits per heavy atom. The molecule has 1 saturated heterocycles. The highest BCUT2D eigenvalue weighted by Crippen LogP contribution is 2.25. The van der Waals surface area contributed by atoms with Crippen LogP contribution < -0.4 is 16.8 Å². The summed E-state index contributed by atoms with van der Waals surface area (Å²) in [6.45, 7) is 2.55. The van der Waals surface area contributed by atoms with Gasteiger partial charge in [0.25, 0.3) is 5.91 Å². The van der Waals surface area contributed by atoms with Gasteiger partial charge in [-0.1, -0.05) is 0 Å². The van der Waals surface area contributed by atoms with E-state index in [0.29, 0.717) is 6.61 Å². The van der Waals surface area contributed by atoms with Crippen molar-refractivity contribution in [2.24, 2.45) is 5.73 Å². The van der Waals surface area contributed by atoms with Crippen LogP contribution in [0.5, 0.6) is 0 Å². The van der Waals surface area contributed by atoms with Crippen LogP contribution in [0, 0.1) is 5.82 Å². The number of anilines is 2. The van der Waals surface area contributed by atoms with E-state index in [0.717, 1.165) is 12.5 Å². The number of carbonyl (C=O) groups is 1. The first-order valence-electron chi connectivity index (χ1n) is 5.76. The second-order valence-corrected chi connectivity index (χ2v) is 4.40. The largest absolute Gasteiger partial charge is 0.398 e. The zero-order valence-corrected chi connectivity index (χ0v) is 10.1. The van der Waals surface area contributed by atoms with Crippen LogP contribution in [-0.2, 0) is 4.74 Å². The van der Waals surface area contributed by atoms with Gasteiger partial charge in [-0.3, -0.25) is 4.79 Å². The van der Waals surface area contributed by atoms with E-state index in [1.807, 2.05) is 6.92 Å². The molecule has 18 heavy (non-hydrogen) atoms. The summed E-state index contributed by atoms with van der Waals surface area (Å²) in [5.74, 6) is -1.18. The predicted octanol–water partition coefficient (Wildman–Crippen LogP) is 1.10. The molecule has 6 heteroatoms. The van der Waals surface area contributed by atoms with Gasteiger partial charge in [0.2, 0.25) is 0 Å². The van der Waals surface area contributed by atoms with Gasteiger partial charge < -0.3 is 21.5 Å². The molecule has 1 aliphatic rings. The van der Waals surface area contributed by atoms with Crippen molar-refractivity contribution < 1.29 is 13.9 Å². The van der Waals surface area contributed by atoms with Gasteiger partial charge >= 0.3 is 0 Å². The SMILES string of the molecule is CC1OCCC1Nc1cc(C(N)=O)c(N)cc1F. The van der Waals surface area contributed by atoms with Crippen molar-refractivity contribution in [3.63, 3.8) is 0 Å². The molecule has 0 aromatic heterocycles. The second-order valence-electron chi connectivity index (χ2n) is 4.40. The van der Waals surface area contributed by atoms with Gasteiger partial charge in [-0.15, -0.1) is 0 Å². The smallest absolute Gasteiger partial charge is 0.250 e. The number of hydrogen-bond acceptors (Lipinski definition) is 4. The Morgan fingerprint density at radius 2 is 2.28 bits per heavy atom. The standard InChI is InChI=1S/C12H16FN3O2/c1-6-10(2-3-18-6)16-11-4-7(12(15)17)9(14)5-8(11)13/h4-6,10,16H,2-3,14H2,1H3,(H2,15,17). The fourth-order valence-electron chi connectivity index (χ4n) is 2.03. The molecule has 2 atom stereocenters. The number of primary amides is 1. The van der Waals surface area contributed by atoms with Crippen LogP contribution in [0.25, 0.3) is 0 Å². The van der Waals surface area contributed by atoms with E-state index in [2.05, 4.69) is 5.32 Å². The highest BCUT2D eigenvalue weighted by molar-refractivity contribution is 5.99. The first-order valence-corrected chi connectivity index (χ1v) is 5.76. The minimum absolute atomic E-state index is 0.000943. The molecule has 0 radical (unpaired) electrons. The molecule has 5 N–H and O–H groups in total. The molecule has 1 amide bonds. The maximum atomic E-state index is 13.7. The molecule has 1 fully saturated rings. The molecule has 1 aliphatic heterocycles. The maximum Gasteiger partial charge on any atom is 0.250 e. The number of hydrogen-bond donors (Lipinski definition) is 3. The molecule has 2 unspecified atom stereocenters. The van der Waals surface area contributed by atoms with Gasteiger partial charge in [0.05, 0.1) is 23.4 Å². The summed E-state index contributed by atoms with van der Waals surface area (Å²) < 4.78 is 19.1. The van der Waals surface area contributed by atoms with Crippen LogP contribution in [0.3, 0.4) is 0 Å². The Labute approximate surface area is 104 Å². The third-order valence-electron chi connectivity index (χ3n) is 3.12. The van der Waals surface area contributed by atoms with Crippen LogP contribution in [0.15, 0.2) is 12.1 Å². The number of amides is 1. The summed E-state index contributed by atoms with van der Waals surface area (Å²) in [5.41, 5.74) is 11.1. The molecule has 1 aromatic rings. The lowest BCUT2D eigenvalue weighted by atomic mass is 10.1. The number of nitrogens with two attached hydrogens (primary N) is 2. The summed E-state index contributed by atoms with van der Waals surface area (Å²) in [6, 6.07) is 2.46. The van der Waals surface area contributed by atoms with Crippen LogP contribution in [0.1, 0.15) is 23.7 Å². The lowest BCUT2D eigenvalue weighted by Gasteiger charge is -2.18. The molecule has 0 saturated carbocycles. The highest BCUT2D eigenvalue weighted by atomic mass is 19.1. The zero-order valence-electron chi connectivity index (χ0n) is 10.1. The zero-order chi connectivity index (χ0) is 13.3. The number of carbonyl (C=O) groups excluding carboxylic acids is 1. The number of halogens is 1. The first-order chi connectivity index (χ1) is 8.49. The van der Waals surface area contributed by atoms with E-state index in [1.54, 1.807) is 0 Å². The average Bonchev–Trinajstić information content (AvgIpc) is 2.67. The topological polar surface area (TPSA) is 90.4 Å². The van der Waals surface area contributed by atoms with Crippen molar-refractivity contribution >= 4 is 17.3 Å². The predicted molar refractivity (Wildman–Crippen MR) is 66.8 cm³/mol. The maximum absolute atomic E-state index is 13.7. The van der Waals surface area contributed by atoms with Gasteiger partial charge in [0, 0.05) is 12.3 Å². The molecule has 1 aromatic carbocycles. The summed E-state index contributed by atoms with van der Waals surface area (Å²) in [6.07, 6.45) is 0.788. The minimum atomic E-state index is -0.675. The van der Waals surface area contributed by atoms with Crippen molar-refractivity contribution in [3.05, 3.63) is 23.5 Å². The fourth-order valence-corrected chi connectivity index (χ4v) is 2.03. The monoisotopic (exact) mass is 253 g/mol. The number of benzene rings is 1. The Bertz CT molecular complexity index is 479. The Hall–Kier alpha value is -1.82. The van der Waals surface area contributed by atoms with Gasteiger partial charge in [0.1, 0.15) is 5.82 Å². The van der Waals surface area contributed by atoms with Crippen molar-refractivity contribution in [1.29, 1.82) is 0 Å². The van der Waals surface area contributed by atoms with E-state index >= 15 is 0 Å². The minimum Gasteiger partial charge on any atom is -0.398 e. The van der Waals surface area contributed by atoms with Gasteiger partial charge in [0.15, 0.2) is 0 Å². The third-order valence-corrected chi connectivity index (χ3v) is 3.12. The summed E-state index contributed by atoms with van der Waals surface area (Å²) in [5, 5.41) is 3.02. The molecule has 0 spiro atoms. The molecule has 1 heterocycles. The van der Waals surface area contributed by atoms with E-state index < -0.39 is 11.7 Å². The molecule has 0 aliphatic carbocycles. The summed E-state index contributed by atoms with van der Waals surface area (Å²) in [7, 11) is 0. The van der Waals surface area contributed by atoms with Crippen molar-refractivity contribution in [3.8, 4) is 0 Å². The number of nitrogen functional groups attached to an aromatic ring is 1. The van der Waals surface area contributed by atoms with Gasteiger partial charge in [-0.25, -0.2) is 4.39 Å². The van der Waals surface area contributed by atoms with Crippen molar-refractivity contribution in [1.82, 2.24) is 0 Å². The van der Waals surface area contributed by atoms with Crippen LogP contribution in [0.4, 0.5) is 15.8 Å². The van der Waals surface area contributed by atoms with Gasteiger partial charge in [-0.05, 0) is 25.5 Å². The van der Waals surface area contributed by atoms with Crippen molar-refractivity contribution in [2.45, 2.75) is 25.5 Å². The van der Waals surface area contributed by atoms with Gasteiger partial charge in [-0.2, -0.15) is 0 Å². The van der Waals surface area contributed by atoms with E-state index in [4.69, 9.17) is 16.2 Å². The molecule has 2 rings (SSSR count). The van der Waals surface area contributed by atoms with Crippen LogP contribution >= 0.6 is 0 Å². The van der Waals surface area contributed by atoms with E-state index in [-0.39, 0.29) is 29.1 Å². The quantitative estimate of drug-likeness (QED) is 0.703. The number of rotatable bonds is 3. The Kier molecular flexibility index (Phi) is 3.38. The Balaban J connectivity index is 2.27. The normalized spacial score (nSPS) is 23.0. The first kappa shape index (κ1) is 12.6. The Morgan fingerprint density at radius 1 is 1.56 bits per heavy atom. The third kappa shape index (κ3) is 2.38. The number of ether oxygens (including phenoxy) is 1. The van der Waals surface area contributed by atoms with Crippen molar-refractivity contribution in [2.75, 3.05) is 17.7 Å². The molecular formula is C12H16FN3O2. The molecule has 0 bridgehead atoms. The highest BCUT2D eigenvalue weighted by Gasteiger charge is 2.25. The summed E-state index contributed by atoms with van der Waals surface area (Å²) in [4.78, 5) is 11.2. The lowest BCUT2D eigenvalue weighted by Crippen LogP contribution is -2.27. The molecule has 98 valence electrons. The average molecular weight is 253 g/mol. The molecule has 5 nitrogen and oxygen atoms in total. The fraction of sp³-hybridized carbons (Fsp3) is 0.417. The van der Waals surface area contributed by atoms with Crippen LogP contribution in [-0.4, -0.2) is 24.7 Å². The van der Waals surface area contributed by atoms with E-state index in [1.165, 1.54) is 6.07 Å². The lowest BCUT2D eigenvalue weighted by molar-refractivity contribution is 0.100.